The van der Waals surface area contributed by atoms with Crippen LogP contribution in [0.15, 0.2) is 47.5 Å². The van der Waals surface area contributed by atoms with E-state index in [1.807, 2.05) is 20.8 Å². The van der Waals surface area contributed by atoms with Gasteiger partial charge in [-0.2, -0.15) is 4.31 Å². The largest absolute Gasteiger partial charge is 0.357 e. The highest BCUT2D eigenvalue weighted by Crippen LogP contribution is 2.19. The van der Waals surface area contributed by atoms with Gasteiger partial charge in [0.1, 0.15) is 5.69 Å². The second-order valence-corrected chi connectivity index (χ2v) is 7.38. The maximum atomic E-state index is 12.5. The normalized spacial score (nSPS) is 13.0. The molecule has 2 N–H and O–H groups in total. The fourth-order valence-corrected chi connectivity index (χ4v) is 3.93. The van der Waals surface area contributed by atoms with Gasteiger partial charge in [-0.3, -0.25) is 4.79 Å². The fraction of sp³-hybridized carbons (Fsp3) is 0.353. The van der Waals surface area contributed by atoms with Gasteiger partial charge in [-0.05, 0) is 36.8 Å². The van der Waals surface area contributed by atoms with Gasteiger partial charge in [-0.25, -0.2) is 8.42 Å². The van der Waals surface area contributed by atoms with Crippen molar-refractivity contribution in [3.63, 3.8) is 0 Å². The molecule has 1 aromatic heterocycles. The minimum Gasteiger partial charge on any atom is -0.357 e. The Morgan fingerprint density at radius 3 is 2.29 bits per heavy atom. The third-order valence-corrected chi connectivity index (χ3v) is 5.98. The van der Waals surface area contributed by atoms with Crippen LogP contribution in [0, 0.1) is 0 Å². The van der Waals surface area contributed by atoms with Crippen molar-refractivity contribution in [2.75, 3.05) is 13.1 Å². The van der Waals surface area contributed by atoms with E-state index in [1.165, 1.54) is 4.31 Å². The number of nitrogens with one attached hydrogen (secondary N) is 2. The minimum absolute atomic E-state index is 0.202. The lowest BCUT2D eigenvalue weighted by Gasteiger charge is -2.19. The Bertz CT molecular complexity index is 764. The Morgan fingerprint density at radius 1 is 1.17 bits per heavy atom. The number of H-pyrrole nitrogens is 1. The molecule has 0 saturated heterocycles. The Kier molecular flexibility index (Phi) is 5.80. The van der Waals surface area contributed by atoms with E-state index in [2.05, 4.69) is 10.3 Å². The Labute approximate surface area is 142 Å². The average Bonchev–Trinajstić information content (AvgIpc) is 3.10. The number of amides is 1. The summed E-state index contributed by atoms with van der Waals surface area (Å²) in [5, 5.41) is 2.87. The molecule has 1 aromatic carbocycles. The zero-order valence-corrected chi connectivity index (χ0v) is 14.9. The van der Waals surface area contributed by atoms with Crippen molar-refractivity contribution in [2.24, 2.45) is 0 Å². The highest BCUT2D eigenvalue weighted by molar-refractivity contribution is 7.89. The number of aromatic amines is 1. The zero-order chi connectivity index (χ0) is 17.7. The molecule has 0 spiro atoms. The number of aromatic nitrogens is 1. The molecule has 2 rings (SSSR count). The van der Waals surface area contributed by atoms with E-state index in [0.29, 0.717) is 18.8 Å². The van der Waals surface area contributed by atoms with Crippen LogP contribution in [0.2, 0.25) is 0 Å². The van der Waals surface area contributed by atoms with Crippen LogP contribution >= 0.6 is 0 Å². The van der Waals surface area contributed by atoms with Crippen molar-refractivity contribution >= 4 is 15.9 Å². The molecule has 0 aliphatic rings. The lowest BCUT2D eigenvalue weighted by atomic mass is 10.1. The molecule has 24 heavy (non-hydrogen) atoms. The van der Waals surface area contributed by atoms with Crippen LogP contribution in [-0.4, -0.2) is 36.7 Å². The van der Waals surface area contributed by atoms with Crippen LogP contribution in [-0.2, 0) is 10.0 Å². The summed E-state index contributed by atoms with van der Waals surface area (Å²) in [6.07, 6.45) is 1.69. The highest BCUT2D eigenvalue weighted by Gasteiger charge is 2.21. The molecule has 7 heteroatoms. The summed E-state index contributed by atoms with van der Waals surface area (Å²) in [4.78, 5) is 15.2. The third-order valence-electron chi connectivity index (χ3n) is 3.91. The standard InChI is InChI=1S/C17H23N3O3S/c1-4-20(5-2)24(22,23)15-10-8-14(9-11-15)13(3)19-17(21)16-7-6-12-18-16/h6-13,18H,4-5H2,1-3H3,(H,19,21)/t13-/m1/s1. The van der Waals surface area contributed by atoms with Crippen molar-refractivity contribution in [3.05, 3.63) is 53.9 Å². The average molecular weight is 349 g/mol. The second-order valence-electron chi connectivity index (χ2n) is 5.44. The molecule has 0 fully saturated rings. The molecule has 0 bridgehead atoms. The molecule has 0 unspecified atom stereocenters. The van der Waals surface area contributed by atoms with Crippen LogP contribution in [0.3, 0.4) is 0 Å². The molecule has 0 aliphatic heterocycles. The molecule has 0 radical (unpaired) electrons. The van der Waals surface area contributed by atoms with Crippen molar-refractivity contribution in [1.82, 2.24) is 14.6 Å². The zero-order valence-electron chi connectivity index (χ0n) is 14.1. The van der Waals surface area contributed by atoms with Crippen LogP contribution in [0.25, 0.3) is 0 Å². The fourth-order valence-electron chi connectivity index (χ4n) is 2.47. The molecule has 2 aromatic rings. The molecular formula is C17H23N3O3S. The number of carbonyl (C=O) groups excluding carboxylic acids is 1. The van der Waals surface area contributed by atoms with E-state index in [1.54, 1.807) is 42.6 Å². The van der Waals surface area contributed by atoms with Crippen molar-refractivity contribution < 1.29 is 13.2 Å². The van der Waals surface area contributed by atoms with E-state index in [9.17, 15) is 13.2 Å². The monoisotopic (exact) mass is 349 g/mol. The molecule has 1 amide bonds. The van der Waals surface area contributed by atoms with E-state index in [4.69, 9.17) is 0 Å². The van der Waals surface area contributed by atoms with Gasteiger partial charge in [0.2, 0.25) is 10.0 Å². The smallest absolute Gasteiger partial charge is 0.268 e. The predicted octanol–water partition coefficient (Wildman–Crippen LogP) is 2.54. The number of rotatable bonds is 7. The van der Waals surface area contributed by atoms with Crippen LogP contribution in [0.4, 0.5) is 0 Å². The quantitative estimate of drug-likeness (QED) is 0.806. The van der Waals surface area contributed by atoms with Crippen LogP contribution in [0.1, 0.15) is 42.9 Å². The molecule has 130 valence electrons. The number of hydrogen-bond acceptors (Lipinski definition) is 3. The first-order valence-corrected chi connectivity index (χ1v) is 9.38. The molecule has 6 nitrogen and oxygen atoms in total. The van der Waals surface area contributed by atoms with Gasteiger partial charge in [0.05, 0.1) is 10.9 Å². The first-order chi connectivity index (χ1) is 11.4. The summed E-state index contributed by atoms with van der Waals surface area (Å²) in [5.74, 6) is -0.202. The van der Waals surface area contributed by atoms with Gasteiger partial charge in [0, 0.05) is 19.3 Å². The van der Waals surface area contributed by atoms with Gasteiger partial charge in [-0.15, -0.1) is 0 Å². The predicted molar refractivity (Wildman–Crippen MR) is 93.2 cm³/mol. The Morgan fingerprint density at radius 2 is 1.79 bits per heavy atom. The summed E-state index contributed by atoms with van der Waals surface area (Å²) >= 11 is 0. The number of benzene rings is 1. The summed E-state index contributed by atoms with van der Waals surface area (Å²) < 4.78 is 26.3. The molecule has 0 aliphatic carbocycles. The van der Waals surface area contributed by atoms with Gasteiger partial charge >= 0.3 is 0 Å². The Hall–Kier alpha value is -2.12. The van der Waals surface area contributed by atoms with Crippen molar-refractivity contribution in [2.45, 2.75) is 31.7 Å². The van der Waals surface area contributed by atoms with Gasteiger partial charge in [0.15, 0.2) is 0 Å². The summed E-state index contributed by atoms with van der Waals surface area (Å²) in [6.45, 7) is 6.35. The number of nitrogens with zero attached hydrogens (tertiary/aromatic N) is 1. The maximum absolute atomic E-state index is 12.5. The van der Waals surface area contributed by atoms with E-state index < -0.39 is 10.0 Å². The summed E-state index contributed by atoms with van der Waals surface area (Å²) in [6, 6.07) is 9.85. The number of sulfonamides is 1. The van der Waals surface area contributed by atoms with Gasteiger partial charge in [-0.1, -0.05) is 26.0 Å². The maximum Gasteiger partial charge on any atom is 0.268 e. The summed E-state index contributed by atoms with van der Waals surface area (Å²) in [5.41, 5.74) is 1.33. The molecular weight excluding hydrogens is 326 g/mol. The lowest BCUT2D eigenvalue weighted by molar-refractivity contribution is 0.0935. The molecule has 1 heterocycles. The van der Waals surface area contributed by atoms with E-state index in [-0.39, 0.29) is 16.8 Å². The van der Waals surface area contributed by atoms with Crippen LogP contribution < -0.4 is 5.32 Å². The second kappa shape index (κ2) is 7.63. The third kappa shape index (κ3) is 3.85. The minimum atomic E-state index is -3.46. The molecule has 0 saturated carbocycles. The number of carbonyl (C=O) groups is 1. The highest BCUT2D eigenvalue weighted by atomic mass is 32.2. The van der Waals surface area contributed by atoms with E-state index in [0.717, 1.165) is 5.56 Å². The number of hydrogen-bond donors (Lipinski definition) is 2. The van der Waals surface area contributed by atoms with E-state index >= 15 is 0 Å². The topological polar surface area (TPSA) is 82.3 Å². The first kappa shape index (κ1) is 18.2. The van der Waals surface area contributed by atoms with Gasteiger partial charge < -0.3 is 10.3 Å². The van der Waals surface area contributed by atoms with Crippen LogP contribution in [0.5, 0.6) is 0 Å². The van der Waals surface area contributed by atoms with Crippen molar-refractivity contribution in [3.8, 4) is 0 Å². The Balaban J connectivity index is 2.13. The first-order valence-electron chi connectivity index (χ1n) is 7.94. The van der Waals surface area contributed by atoms with Gasteiger partial charge in [0.25, 0.3) is 5.91 Å². The SMILES string of the molecule is CCN(CC)S(=O)(=O)c1ccc([C@@H](C)NC(=O)c2ccc[nH]2)cc1. The molecule has 1 atom stereocenters. The summed E-state index contributed by atoms with van der Waals surface area (Å²) in [7, 11) is -3.46. The lowest BCUT2D eigenvalue weighted by Crippen LogP contribution is -2.30. The van der Waals surface area contributed by atoms with Crippen molar-refractivity contribution in [1.29, 1.82) is 0 Å².